The van der Waals surface area contributed by atoms with Crippen molar-refractivity contribution in [1.29, 1.82) is 0 Å². The SMILES string of the molecule is O=C(Nc1ncnc2c1CCN(Cc1cccc(Oc3ccccc3)c1)C2)C12CC3CC(CC(C3)C1)C2. The summed E-state index contributed by atoms with van der Waals surface area (Å²) in [6.45, 7) is 2.48. The normalized spacial score (nSPS) is 28.1. The number of fused-ring (bicyclic) bond motifs is 1. The van der Waals surface area contributed by atoms with E-state index in [-0.39, 0.29) is 11.3 Å². The third-order valence-electron chi connectivity index (χ3n) is 9.12. The number of ether oxygens (including phenoxy) is 1. The standard InChI is InChI=1S/C31H34N4O2/c36-30(31-15-22-11-23(16-31)13-24(12-22)17-31)34-29-27-9-10-35(19-28(27)32-20-33-29)18-21-5-4-8-26(14-21)37-25-6-2-1-3-7-25/h1-8,14,20,22-24H,9-13,15-19H2,(H,32,33,34,36). The first-order valence-electron chi connectivity index (χ1n) is 13.8. The van der Waals surface area contributed by atoms with Gasteiger partial charge < -0.3 is 10.1 Å². The lowest BCUT2D eigenvalue weighted by Crippen LogP contribution is -2.52. The molecule has 1 aliphatic heterocycles. The Kier molecular flexibility index (Phi) is 5.73. The molecule has 3 aromatic rings. The molecule has 4 bridgehead atoms. The van der Waals surface area contributed by atoms with Gasteiger partial charge >= 0.3 is 0 Å². The number of nitrogens with one attached hydrogen (secondary N) is 1. The predicted octanol–water partition coefficient (Wildman–Crippen LogP) is 5.98. The van der Waals surface area contributed by atoms with Crippen LogP contribution in [-0.4, -0.2) is 27.3 Å². The Morgan fingerprint density at radius 1 is 0.946 bits per heavy atom. The van der Waals surface area contributed by atoms with Gasteiger partial charge in [-0.15, -0.1) is 0 Å². The molecule has 4 fully saturated rings. The second-order valence-corrected chi connectivity index (χ2v) is 11.8. The van der Waals surface area contributed by atoms with Crippen LogP contribution in [0.2, 0.25) is 0 Å². The van der Waals surface area contributed by atoms with Crippen LogP contribution in [0.3, 0.4) is 0 Å². The van der Waals surface area contributed by atoms with Gasteiger partial charge in [0.15, 0.2) is 0 Å². The Balaban J connectivity index is 1.03. The lowest BCUT2D eigenvalue weighted by molar-refractivity contribution is -0.140. The zero-order valence-corrected chi connectivity index (χ0v) is 21.2. The van der Waals surface area contributed by atoms with Crippen molar-refractivity contribution in [1.82, 2.24) is 14.9 Å². The maximum atomic E-state index is 13.6. The molecule has 6 heteroatoms. The Labute approximate surface area is 218 Å². The van der Waals surface area contributed by atoms with Gasteiger partial charge in [0.05, 0.1) is 11.1 Å². The molecule has 0 spiro atoms. The van der Waals surface area contributed by atoms with Gasteiger partial charge in [0.2, 0.25) is 5.91 Å². The summed E-state index contributed by atoms with van der Waals surface area (Å²) >= 11 is 0. The first kappa shape index (κ1) is 22.9. The minimum absolute atomic E-state index is 0.167. The Bertz CT molecular complexity index is 1270. The fourth-order valence-corrected chi connectivity index (χ4v) is 7.87. The van der Waals surface area contributed by atoms with Crippen molar-refractivity contribution < 1.29 is 9.53 Å². The molecule has 2 heterocycles. The van der Waals surface area contributed by atoms with E-state index in [9.17, 15) is 4.79 Å². The highest BCUT2D eigenvalue weighted by Gasteiger charge is 2.54. The number of hydrogen-bond acceptors (Lipinski definition) is 5. The second kappa shape index (κ2) is 9.25. The fraction of sp³-hybridized carbons (Fsp3) is 0.452. The van der Waals surface area contributed by atoms with E-state index in [1.165, 1.54) is 24.8 Å². The molecule has 4 aliphatic carbocycles. The van der Waals surface area contributed by atoms with Gasteiger partial charge in [0.25, 0.3) is 0 Å². The number of aromatic nitrogens is 2. The van der Waals surface area contributed by atoms with Gasteiger partial charge in [0.1, 0.15) is 23.6 Å². The van der Waals surface area contributed by atoms with Gasteiger partial charge in [-0.1, -0.05) is 30.3 Å². The lowest BCUT2D eigenvalue weighted by atomic mass is 9.49. The number of amides is 1. The summed E-state index contributed by atoms with van der Waals surface area (Å²) < 4.78 is 6.03. The molecule has 6 nitrogen and oxygen atoms in total. The molecule has 5 aliphatic rings. The van der Waals surface area contributed by atoms with Crippen LogP contribution < -0.4 is 10.1 Å². The number of benzene rings is 2. The summed E-state index contributed by atoms with van der Waals surface area (Å²) in [5.41, 5.74) is 3.18. The molecule has 2 aromatic carbocycles. The summed E-state index contributed by atoms with van der Waals surface area (Å²) in [5, 5.41) is 3.30. The van der Waals surface area contributed by atoms with Crippen molar-refractivity contribution in [3.05, 3.63) is 77.7 Å². The highest BCUT2D eigenvalue weighted by Crippen LogP contribution is 2.60. The van der Waals surface area contributed by atoms with Crippen LogP contribution in [0.25, 0.3) is 0 Å². The molecule has 8 rings (SSSR count). The first-order valence-corrected chi connectivity index (χ1v) is 13.8. The van der Waals surface area contributed by atoms with Gasteiger partial charge in [-0.25, -0.2) is 9.97 Å². The molecule has 1 aromatic heterocycles. The van der Waals surface area contributed by atoms with E-state index < -0.39 is 0 Å². The van der Waals surface area contributed by atoms with Crippen LogP contribution in [0.1, 0.15) is 55.3 Å². The molecule has 0 saturated heterocycles. The number of carbonyl (C=O) groups is 1. The number of hydrogen-bond donors (Lipinski definition) is 1. The van der Waals surface area contributed by atoms with E-state index in [1.54, 1.807) is 6.33 Å². The Hall–Kier alpha value is -3.25. The zero-order chi connectivity index (χ0) is 24.8. The van der Waals surface area contributed by atoms with E-state index in [2.05, 4.69) is 32.3 Å². The molecule has 1 N–H and O–H groups in total. The minimum atomic E-state index is -0.167. The second-order valence-electron chi connectivity index (χ2n) is 11.8. The van der Waals surface area contributed by atoms with Crippen molar-refractivity contribution in [2.75, 3.05) is 11.9 Å². The highest BCUT2D eigenvalue weighted by atomic mass is 16.5. The maximum absolute atomic E-state index is 13.6. The topological polar surface area (TPSA) is 67.4 Å². The summed E-state index contributed by atoms with van der Waals surface area (Å²) in [4.78, 5) is 25.2. The molecule has 0 radical (unpaired) electrons. The van der Waals surface area contributed by atoms with E-state index in [0.717, 1.165) is 91.6 Å². The van der Waals surface area contributed by atoms with Crippen molar-refractivity contribution in [3.8, 4) is 11.5 Å². The third kappa shape index (κ3) is 4.52. The van der Waals surface area contributed by atoms with E-state index >= 15 is 0 Å². The Morgan fingerprint density at radius 3 is 2.43 bits per heavy atom. The molecule has 4 saturated carbocycles. The van der Waals surface area contributed by atoms with Crippen LogP contribution >= 0.6 is 0 Å². The quantitative estimate of drug-likeness (QED) is 0.456. The molecule has 0 atom stereocenters. The average Bonchev–Trinajstić information content (AvgIpc) is 2.89. The Morgan fingerprint density at radius 2 is 1.68 bits per heavy atom. The van der Waals surface area contributed by atoms with Crippen LogP contribution in [0.15, 0.2) is 60.9 Å². The molecular weight excluding hydrogens is 460 g/mol. The summed E-state index contributed by atoms with van der Waals surface area (Å²) in [5.74, 6) is 4.89. The highest BCUT2D eigenvalue weighted by molar-refractivity contribution is 5.95. The van der Waals surface area contributed by atoms with Gasteiger partial charge in [0, 0.05) is 25.2 Å². The average molecular weight is 495 g/mol. The summed E-state index contributed by atoms with van der Waals surface area (Å²) in [6.07, 6.45) is 9.68. The fourth-order valence-electron chi connectivity index (χ4n) is 7.87. The van der Waals surface area contributed by atoms with Crippen molar-refractivity contribution in [3.63, 3.8) is 0 Å². The minimum Gasteiger partial charge on any atom is -0.457 e. The summed E-state index contributed by atoms with van der Waals surface area (Å²) in [7, 11) is 0. The van der Waals surface area contributed by atoms with Crippen LogP contribution in [0, 0.1) is 23.2 Å². The van der Waals surface area contributed by atoms with E-state index in [0.29, 0.717) is 0 Å². The van der Waals surface area contributed by atoms with Gasteiger partial charge in [-0.05, 0) is 92.5 Å². The van der Waals surface area contributed by atoms with Crippen LogP contribution in [0.5, 0.6) is 11.5 Å². The largest absolute Gasteiger partial charge is 0.457 e. The zero-order valence-electron chi connectivity index (χ0n) is 21.2. The molecule has 37 heavy (non-hydrogen) atoms. The predicted molar refractivity (Wildman–Crippen MR) is 142 cm³/mol. The van der Waals surface area contributed by atoms with Crippen LogP contribution in [-0.2, 0) is 24.3 Å². The monoisotopic (exact) mass is 494 g/mol. The van der Waals surface area contributed by atoms with Crippen molar-refractivity contribution in [2.45, 2.75) is 58.0 Å². The van der Waals surface area contributed by atoms with Gasteiger partial charge in [-0.2, -0.15) is 0 Å². The lowest BCUT2D eigenvalue weighted by Gasteiger charge is -2.55. The smallest absolute Gasteiger partial charge is 0.231 e. The number of carbonyl (C=O) groups excluding carboxylic acids is 1. The third-order valence-corrected chi connectivity index (χ3v) is 9.12. The molecular formula is C31H34N4O2. The van der Waals surface area contributed by atoms with Crippen molar-refractivity contribution >= 4 is 11.7 Å². The number of anilines is 1. The first-order chi connectivity index (χ1) is 18.1. The number of nitrogens with zero attached hydrogens (tertiary/aromatic N) is 3. The van der Waals surface area contributed by atoms with Crippen molar-refractivity contribution in [2.24, 2.45) is 23.2 Å². The van der Waals surface area contributed by atoms with E-state index in [4.69, 9.17) is 4.74 Å². The van der Waals surface area contributed by atoms with Gasteiger partial charge in [-0.3, -0.25) is 9.69 Å². The number of rotatable bonds is 6. The molecule has 0 unspecified atom stereocenters. The van der Waals surface area contributed by atoms with E-state index in [1.807, 2.05) is 42.5 Å². The summed E-state index contributed by atoms with van der Waals surface area (Å²) in [6, 6.07) is 18.2. The maximum Gasteiger partial charge on any atom is 0.231 e. The number of para-hydroxylation sites is 1. The molecule has 1 amide bonds. The van der Waals surface area contributed by atoms with Crippen LogP contribution in [0.4, 0.5) is 5.82 Å². The molecule has 190 valence electrons.